The number of hydrogen-bond donors (Lipinski definition) is 1. The van der Waals surface area contributed by atoms with Crippen LogP contribution < -0.4 is 10.2 Å². The number of nitrogens with one attached hydrogen (secondary N) is 1. The molecule has 2 rings (SSSR count). The van der Waals surface area contributed by atoms with Crippen LogP contribution in [0.15, 0.2) is 22.7 Å². The van der Waals surface area contributed by atoms with Crippen molar-refractivity contribution in [2.24, 2.45) is 5.92 Å². The molecule has 0 radical (unpaired) electrons. The van der Waals surface area contributed by atoms with Gasteiger partial charge in [-0.2, -0.15) is 0 Å². The Hall–Kier alpha value is -0.540. The summed E-state index contributed by atoms with van der Waals surface area (Å²) in [5, 5.41) is 3.57. The van der Waals surface area contributed by atoms with Gasteiger partial charge in [0, 0.05) is 28.8 Å². The van der Waals surface area contributed by atoms with Crippen LogP contribution in [-0.4, -0.2) is 18.6 Å². The molecule has 2 nitrogen and oxygen atoms in total. The normalized spacial score (nSPS) is 18.0. The van der Waals surface area contributed by atoms with Crippen molar-refractivity contribution >= 4 is 21.6 Å². The Kier molecular flexibility index (Phi) is 5.14. The van der Waals surface area contributed by atoms with E-state index in [0.717, 1.165) is 13.1 Å². The van der Waals surface area contributed by atoms with Crippen LogP contribution in [0, 0.1) is 5.92 Å². The fraction of sp³-hybridized carbons (Fsp3) is 0.647. The molecule has 0 saturated carbocycles. The minimum absolute atomic E-state index is 0.271. The van der Waals surface area contributed by atoms with Gasteiger partial charge >= 0.3 is 0 Å². The number of anilines is 1. The first kappa shape index (κ1) is 15.8. The molecule has 0 aromatic heterocycles. The molecule has 20 heavy (non-hydrogen) atoms. The number of rotatable bonds is 5. The van der Waals surface area contributed by atoms with E-state index in [1.165, 1.54) is 35.1 Å². The quantitative estimate of drug-likeness (QED) is 0.845. The lowest BCUT2D eigenvalue weighted by Gasteiger charge is -2.35. The third-order valence-corrected chi connectivity index (χ3v) is 4.60. The SMILES string of the molecule is CC(C)CNCc1ccc(Br)cc1N1CCCC1(C)C. The maximum atomic E-state index is 3.63. The van der Waals surface area contributed by atoms with Crippen molar-refractivity contribution in [2.45, 2.75) is 52.6 Å². The highest BCUT2D eigenvalue weighted by molar-refractivity contribution is 9.10. The molecule has 1 aromatic rings. The minimum atomic E-state index is 0.271. The molecule has 0 spiro atoms. The Morgan fingerprint density at radius 3 is 2.70 bits per heavy atom. The summed E-state index contributed by atoms with van der Waals surface area (Å²) in [6.45, 7) is 12.4. The molecule has 0 atom stereocenters. The summed E-state index contributed by atoms with van der Waals surface area (Å²) in [7, 11) is 0. The molecule has 1 saturated heterocycles. The highest BCUT2D eigenvalue weighted by Gasteiger charge is 2.33. The van der Waals surface area contributed by atoms with Crippen molar-refractivity contribution in [1.29, 1.82) is 0 Å². The van der Waals surface area contributed by atoms with Gasteiger partial charge in [-0.1, -0.05) is 35.8 Å². The van der Waals surface area contributed by atoms with Gasteiger partial charge in [0.05, 0.1) is 0 Å². The lowest BCUT2D eigenvalue weighted by molar-refractivity contribution is 0.513. The van der Waals surface area contributed by atoms with Crippen LogP contribution in [0.4, 0.5) is 5.69 Å². The molecule has 0 bridgehead atoms. The molecular formula is C17H27BrN2. The second-order valence-electron chi connectivity index (χ2n) is 6.87. The lowest BCUT2D eigenvalue weighted by atomic mass is 10.0. The van der Waals surface area contributed by atoms with Gasteiger partial charge in [0.25, 0.3) is 0 Å². The van der Waals surface area contributed by atoms with Gasteiger partial charge in [-0.15, -0.1) is 0 Å². The van der Waals surface area contributed by atoms with Gasteiger partial charge in [-0.25, -0.2) is 0 Å². The predicted molar refractivity (Wildman–Crippen MR) is 91.3 cm³/mol. The van der Waals surface area contributed by atoms with Crippen molar-refractivity contribution in [3.63, 3.8) is 0 Å². The minimum Gasteiger partial charge on any atom is -0.366 e. The first-order valence-electron chi connectivity index (χ1n) is 7.67. The Morgan fingerprint density at radius 2 is 2.10 bits per heavy atom. The van der Waals surface area contributed by atoms with E-state index in [1.807, 2.05) is 0 Å². The molecule has 3 heteroatoms. The van der Waals surface area contributed by atoms with Gasteiger partial charge in [-0.3, -0.25) is 0 Å². The van der Waals surface area contributed by atoms with Crippen molar-refractivity contribution in [1.82, 2.24) is 5.32 Å². The van der Waals surface area contributed by atoms with E-state index in [-0.39, 0.29) is 5.54 Å². The summed E-state index contributed by atoms with van der Waals surface area (Å²) < 4.78 is 1.17. The topological polar surface area (TPSA) is 15.3 Å². The second kappa shape index (κ2) is 6.48. The molecular weight excluding hydrogens is 312 g/mol. The second-order valence-corrected chi connectivity index (χ2v) is 7.78. The van der Waals surface area contributed by atoms with Crippen molar-refractivity contribution < 1.29 is 0 Å². The molecule has 1 N–H and O–H groups in total. The lowest BCUT2D eigenvalue weighted by Crippen LogP contribution is -2.39. The third-order valence-electron chi connectivity index (χ3n) is 4.11. The average Bonchev–Trinajstić information content (AvgIpc) is 2.70. The Bertz CT molecular complexity index is 454. The van der Waals surface area contributed by atoms with E-state index in [0.29, 0.717) is 5.92 Å². The number of nitrogens with zero attached hydrogens (tertiary/aromatic N) is 1. The zero-order valence-corrected chi connectivity index (χ0v) is 14.8. The summed E-state index contributed by atoms with van der Waals surface area (Å²) in [5.74, 6) is 0.692. The van der Waals surface area contributed by atoms with Gasteiger partial charge in [0.15, 0.2) is 0 Å². The smallest absolute Gasteiger partial charge is 0.0427 e. The van der Waals surface area contributed by atoms with Gasteiger partial charge < -0.3 is 10.2 Å². The molecule has 0 amide bonds. The molecule has 1 aliphatic rings. The van der Waals surface area contributed by atoms with E-state index in [4.69, 9.17) is 0 Å². The first-order chi connectivity index (χ1) is 9.40. The molecule has 1 aliphatic heterocycles. The Morgan fingerprint density at radius 1 is 1.35 bits per heavy atom. The van der Waals surface area contributed by atoms with Crippen molar-refractivity contribution in [3.8, 4) is 0 Å². The van der Waals surface area contributed by atoms with Crippen LogP contribution in [0.3, 0.4) is 0 Å². The highest BCUT2D eigenvalue weighted by Crippen LogP contribution is 2.36. The monoisotopic (exact) mass is 338 g/mol. The number of halogens is 1. The highest BCUT2D eigenvalue weighted by atomic mass is 79.9. The molecule has 112 valence electrons. The standard InChI is InChI=1S/C17H27BrN2/c1-13(2)11-19-12-14-6-7-15(18)10-16(14)20-9-5-8-17(20,3)4/h6-7,10,13,19H,5,8-9,11-12H2,1-4H3. The largest absolute Gasteiger partial charge is 0.366 e. The maximum Gasteiger partial charge on any atom is 0.0427 e. The predicted octanol–water partition coefficient (Wildman–Crippen LogP) is 4.57. The van der Waals surface area contributed by atoms with Crippen LogP contribution >= 0.6 is 15.9 Å². The van der Waals surface area contributed by atoms with Crippen molar-refractivity contribution in [3.05, 3.63) is 28.2 Å². The summed E-state index contributed by atoms with van der Waals surface area (Å²) in [6.07, 6.45) is 2.57. The maximum absolute atomic E-state index is 3.63. The van der Waals surface area contributed by atoms with E-state index < -0.39 is 0 Å². The van der Waals surface area contributed by atoms with E-state index >= 15 is 0 Å². The first-order valence-corrected chi connectivity index (χ1v) is 8.46. The molecule has 0 aliphatic carbocycles. The van der Waals surface area contributed by atoms with Crippen LogP contribution in [-0.2, 0) is 6.54 Å². The third kappa shape index (κ3) is 3.76. The van der Waals surface area contributed by atoms with Crippen LogP contribution in [0.5, 0.6) is 0 Å². The number of hydrogen-bond acceptors (Lipinski definition) is 2. The molecule has 1 aromatic carbocycles. The molecule has 1 heterocycles. The van der Waals surface area contributed by atoms with Gasteiger partial charge in [0.2, 0.25) is 0 Å². The van der Waals surface area contributed by atoms with E-state index in [1.54, 1.807) is 0 Å². The van der Waals surface area contributed by atoms with Crippen molar-refractivity contribution in [2.75, 3.05) is 18.0 Å². The van der Waals surface area contributed by atoms with Gasteiger partial charge in [-0.05, 0) is 56.8 Å². The summed E-state index contributed by atoms with van der Waals surface area (Å²) >= 11 is 3.63. The average molecular weight is 339 g/mol. The molecule has 0 unspecified atom stereocenters. The number of benzene rings is 1. The zero-order chi connectivity index (χ0) is 14.8. The van der Waals surface area contributed by atoms with Crippen LogP contribution in [0.2, 0.25) is 0 Å². The summed E-state index contributed by atoms with van der Waals surface area (Å²) in [4.78, 5) is 2.57. The van der Waals surface area contributed by atoms with Crippen LogP contribution in [0.25, 0.3) is 0 Å². The van der Waals surface area contributed by atoms with E-state index in [2.05, 4.69) is 72.0 Å². The van der Waals surface area contributed by atoms with E-state index in [9.17, 15) is 0 Å². The van der Waals surface area contributed by atoms with Gasteiger partial charge in [0.1, 0.15) is 0 Å². The Balaban J connectivity index is 2.20. The zero-order valence-electron chi connectivity index (χ0n) is 13.2. The Labute approximate surface area is 132 Å². The fourth-order valence-electron chi connectivity index (χ4n) is 2.99. The fourth-order valence-corrected chi connectivity index (χ4v) is 3.34. The van der Waals surface area contributed by atoms with Crippen LogP contribution in [0.1, 0.15) is 46.1 Å². The molecule has 1 fully saturated rings. The summed E-state index contributed by atoms with van der Waals surface area (Å²) in [6, 6.07) is 6.68. The summed E-state index contributed by atoms with van der Waals surface area (Å²) in [5.41, 5.74) is 3.06.